The number of carbonyl (C=O) groups is 1. The summed E-state index contributed by atoms with van der Waals surface area (Å²) < 4.78 is 32.0. The molecule has 0 unspecified atom stereocenters. The molecular formula is C16H17NO6S. The van der Waals surface area contributed by atoms with Crippen LogP contribution in [0.2, 0.25) is 0 Å². The Hall–Kier alpha value is -2.42. The van der Waals surface area contributed by atoms with Gasteiger partial charge in [0.25, 0.3) is 0 Å². The molecule has 0 aromatic heterocycles. The van der Waals surface area contributed by atoms with Crippen molar-refractivity contribution >= 4 is 16.0 Å². The van der Waals surface area contributed by atoms with E-state index in [-0.39, 0.29) is 11.3 Å². The van der Waals surface area contributed by atoms with E-state index in [1.807, 2.05) is 18.2 Å². The molecule has 0 radical (unpaired) electrons. The molecule has 3 N–H and O–H groups in total. The number of benzene rings is 2. The van der Waals surface area contributed by atoms with Crippen molar-refractivity contribution in [1.29, 1.82) is 0 Å². The van der Waals surface area contributed by atoms with Crippen molar-refractivity contribution in [1.82, 2.24) is 4.72 Å². The fourth-order valence-electron chi connectivity index (χ4n) is 1.93. The van der Waals surface area contributed by atoms with Crippen molar-refractivity contribution in [3.8, 4) is 11.5 Å². The monoisotopic (exact) mass is 351 g/mol. The number of aliphatic hydroxyl groups excluding tert-OH is 1. The molecule has 0 aliphatic carbocycles. The van der Waals surface area contributed by atoms with Gasteiger partial charge in [0.05, 0.1) is 4.90 Å². The van der Waals surface area contributed by atoms with E-state index in [1.54, 1.807) is 12.1 Å². The molecule has 0 aliphatic rings. The van der Waals surface area contributed by atoms with Crippen molar-refractivity contribution in [2.24, 2.45) is 0 Å². The number of hydrogen-bond acceptors (Lipinski definition) is 5. The first-order valence-electron chi connectivity index (χ1n) is 7.11. The van der Waals surface area contributed by atoms with Gasteiger partial charge in [-0.05, 0) is 42.8 Å². The Balaban J connectivity index is 2.12. The summed E-state index contributed by atoms with van der Waals surface area (Å²) in [7, 11) is -4.01. The van der Waals surface area contributed by atoms with E-state index in [9.17, 15) is 13.2 Å². The van der Waals surface area contributed by atoms with E-state index < -0.39 is 28.6 Å². The van der Waals surface area contributed by atoms with Crippen LogP contribution in [0.5, 0.6) is 11.5 Å². The predicted molar refractivity (Wildman–Crippen MR) is 86.4 cm³/mol. The minimum absolute atomic E-state index is 0.0906. The van der Waals surface area contributed by atoms with E-state index in [4.69, 9.17) is 14.9 Å². The van der Waals surface area contributed by atoms with Crippen LogP contribution in [0.4, 0.5) is 0 Å². The zero-order chi connectivity index (χ0) is 17.6. The zero-order valence-electron chi connectivity index (χ0n) is 12.6. The molecule has 0 aliphatic heterocycles. The van der Waals surface area contributed by atoms with E-state index in [0.29, 0.717) is 11.5 Å². The molecule has 24 heavy (non-hydrogen) atoms. The predicted octanol–water partition coefficient (Wildman–Crippen LogP) is 1.59. The average molecular weight is 351 g/mol. The maximum absolute atomic E-state index is 12.2. The first-order chi connectivity index (χ1) is 11.4. The van der Waals surface area contributed by atoms with Gasteiger partial charge in [0.15, 0.2) is 0 Å². The lowest BCUT2D eigenvalue weighted by Crippen LogP contribution is -2.41. The number of nitrogens with one attached hydrogen (secondary N) is 1. The Labute approximate surface area is 139 Å². The van der Waals surface area contributed by atoms with Gasteiger partial charge in [0, 0.05) is 6.61 Å². The largest absolute Gasteiger partial charge is 0.480 e. The molecule has 0 fully saturated rings. The van der Waals surface area contributed by atoms with Crippen LogP contribution in [0.15, 0.2) is 59.5 Å². The van der Waals surface area contributed by atoms with Gasteiger partial charge in [-0.15, -0.1) is 0 Å². The molecule has 2 rings (SSSR count). The molecule has 0 bridgehead atoms. The fraction of sp³-hybridized carbons (Fsp3) is 0.188. The first-order valence-corrected chi connectivity index (χ1v) is 8.59. The van der Waals surface area contributed by atoms with Crippen LogP contribution in [-0.2, 0) is 14.8 Å². The summed E-state index contributed by atoms with van der Waals surface area (Å²) in [6, 6.07) is 13.2. The number of para-hydroxylation sites is 1. The molecule has 0 amide bonds. The summed E-state index contributed by atoms with van der Waals surface area (Å²) in [4.78, 5) is 10.9. The maximum Gasteiger partial charge on any atom is 0.321 e. The lowest BCUT2D eigenvalue weighted by molar-refractivity contribution is -0.139. The van der Waals surface area contributed by atoms with E-state index in [0.717, 1.165) is 0 Å². The fourth-order valence-corrected chi connectivity index (χ4v) is 3.15. The Morgan fingerprint density at radius 2 is 1.62 bits per heavy atom. The van der Waals surface area contributed by atoms with Crippen molar-refractivity contribution in [3.63, 3.8) is 0 Å². The average Bonchev–Trinajstić information content (AvgIpc) is 2.56. The number of hydrogen-bond donors (Lipinski definition) is 3. The summed E-state index contributed by atoms with van der Waals surface area (Å²) in [6.07, 6.45) is -0.218. The highest BCUT2D eigenvalue weighted by atomic mass is 32.2. The third-order valence-electron chi connectivity index (χ3n) is 3.13. The summed E-state index contributed by atoms with van der Waals surface area (Å²) in [6.45, 7) is -0.441. The van der Waals surface area contributed by atoms with Crippen LogP contribution in [0.25, 0.3) is 0 Å². The second-order valence-electron chi connectivity index (χ2n) is 4.91. The summed E-state index contributed by atoms with van der Waals surface area (Å²) >= 11 is 0. The Bertz CT molecular complexity index is 774. The highest BCUT2D eigenvalue weighted by molar-refractivity contribution is 7.89. The quantitative estimate of drug-likeness (QED) is 0.666. The third-order valence-corrected chi connectivity index (χ3v) is 4.61. The van der Waals surface area contributed by atoms with Gasteiger partial charge in [0.2, 0.25) is 10.0 Å². The number of carboxylic acids is 1. The van der Waals surface area contributed by atoms with Crippen LogP contribution in [-0.4, -0.2) is 37.2 Å². The summed E-state index contributed by atoms with van der Waals surface area (Å²) in [5.41, 5.74) is 0. The van der Waals surface area contributed by atoms with Crippen LogP contribution in [0.1, 0.15) is 6.42 Å². The van der Waals surface area contributed by atoms with Crippen LogP contribution in [0.3, 0.4) is 0 Å². The van der Waals surface area contributed by atoms with E-state index >= 15 is 0 Å². The summed E-state index contributed by atoms with van der Waals surface area (Å²) in [5, 5.41) is 17.8. The number of aliphatic carboxylic acids is 1. The molecule has 2 aromatic carbocycles. The van der Waals surface area contributed by atoms with E-state index in [1.165, 1.54) is 24.3 Å². The van der Waals surface area contributed by atoms with Crippen LogP contribution >= 0.6 is 0 Å². The van der Waals surface area contributed by atoms with Gasteiger partial charge in [0.1, 0.15) is 17.5 Å². The second kappa shape index (κ2) is 7.91. The van der Waals surface area contributed by atoms with E-state index in [2.05, 4.69) is 4.72 Å². The maximum atomic E-state index is 12.2. The molecular weight excluding hydrogens is 334 g/mol. The molecule has 0 saturated carbocycles. The molecule has 8 heteroatoms. The number of rotatable bonds is 8. The minimum atomic E-state index is -4.01. The lowest BCUT2D eigenvalue weighted by atomic mass is 10.2. The second-order valence-corrected chi connectivity index (χ2v) is 6.62. The minimum Gasteiger partial charge on any atom is -0.480 e. The molecule has 2 aromatic rings. The SMILES string of the molecule is O=C(O)[C@@H](CCO)NS(=O)(=O)c1ccc(Oc2ccccc2)cc1. The van der Waals surface area contributed by atoms with Crippen molar-refractivity contribution in [3.05, 3.63) is 54.6 Å². The molecule has 0 saturated heterocycles. The number of sulfonamides is 1. The van der Waals surface area contributed by atoms with Gasteiger partial charge >= 0.3 is 5.97 Å². The van der Waals surface area contributed by atoms with Gasteiger partial charge in [-0.2, -0.15) is 4.72 Å². The number of aliphatic hydroxyl groups is 1. The molecule has 1 atom stereocenters. The smallest absolute Gasteiger partial charge is 0.321 e. The Morgan fingerprint density at radius 1 is 1.04 bits per heavy atom. The molecule has 128 valence electrons. The number of ether oxygens (including phenoxy) is 1. The van der Waals surface area contributed by atoms with Crippen LogP contribution in [0, 0.1) is 0 Å². The highest BCUT2D eigenvalue weighted by Crippen LogP contribution is 2.22. The van der Waals surface area contributed by atoms with Crippen molar-refractivity contribution in [2.45, 2.75) is 17.4 Å². The first kappa shape index (κ1) is 17.9. The Kier molecular flexibility index (Phi) is 5.91. The highest BCUT2D eigenvalue weighted by Gasteiger charge is 2.24. The summed E-state index contributed by atoms with van der Waals surface area (Å²) in [5.74, 6) is -0.290. The van der Waals surface area contributed by atoms with Crippen molar-refractivity contribution < 1.29 is 28.2 Å². The zero-order valence-corrected chi connectivity index (χ0v) is 13.4. The third kappa shape index (κ3) is 4.79. The van der Waals surface area contributed by atoms with Gasteiger partial charge < -0.3 is 14.9 Å². The molecule has 0 heterocycles. The van der Waals surface area contributed by atoms with Gasteiger partial charge in [-0.3, -0.25) is 4.79 Å². The van der Waals surface area contributed by atoms with Gasteiger partial charge in [-0.25, -0.2) is 8.42 Å². The van der Waals surface area contributed by atoms with Gasteiger partial charge in [-0.1, -0.05) is 18.2 Å². The molecule has 7 nitrogen and oxygen atoms in total. The number of carboxylic acid groups (broad SMARTS) is 1. The normalized spacial score (nSPS) is 12.5. The van der Waals surface area contributed by atoms with Crippen LogP contribution < -0.4 is 9.46 Å². The Morgan fingerprint density at radius 3 is 2.17 bits per heavy atom. The topological polar surface area (TPSA) is 113 Å². The lowest BCUT2D eigenvalue weighted by Gasteiger charge is -2.14. The molecule has 0 spiro atoms. The standard InChI is InChI=1S/C16H17NO6S/c18-11-10-15(16(19)20)17-24(21,22)14-8-6-13(7-9-14)23-12-4-2-1-3-5-12/h1-9,15,17-18H,10-11H2,(H,19,20)/t15-/m1/s1. The van der Waals surface area contributed by atoms with Crippen molar-refractivity contribution in [2.75, 3.05) is 6.61 Å².